The molecule has 2 aliphatic heterocycles. The van der Waals surface area contributed by atoms with Gasteiger partial charge in [-0.15, -0.1) is 11.8 Å². The largest absolute Gasteiger partial charge is 0.352 e. The van der Waals surface area contributed by atoms with Crippen LogP contribution in [0.1, 0.15) is 73.1 Å². The zero-order valence-electron chi connectivity index (χ0n) is 18.1. The molecule has 1 aromatic rings. The van der Waals surface area contributed by atoms with E-state index in [1.54, 1.807) is 40.9 Å². The van der Waals surface area contributed by atoms with Gasteiger partial charge in [-0.05, 0) is 38.8 Å². The number of hydrogen-bond donors (Lipinski definition) is 1. The van der Waals surface area contributed by atoms with E-state index in [0.29, 0.717) is 16.9 Å². The Morgan fingerprint density at radius 1 is 1.06 bits per heavy atom. The summed E-state index contributed by atoms with van der Waals surface area (Å²) in [5.74, 6) is -0.496. The average molecular weight is 444 g/mol. The van der Waals surface area contributed by atoms with Crippen LogP contribution in [0.4, 0.5) is 0 Å². The Balaban J connectivity index is 1.41. The van der Waals surface area contributed by atoms with Crippen molar-refractivity contribution in [3.8, 4) is 0 Å². The van der Waals surface area contributed by atoms with E-state index in [2.05, 4.69) is 5.32 Å². The maximum absolute atomic E-state index is 13.2. The van der Waals surface area contributed by atoms with Gasteiger partial charge in [0.1, 0.15) is 6.04 Å². The first-order valence-electron chi connectivity index (χ1n) is 11.0. The molecule has 2 fully saturated rings. The second-order valence-electron chi connectivity index (χ2n) is 8.94. The first kappa shape index (κ1) is 21.9. The number of thioether (sulfide) groups is 1. The summed E-state index contributed by atoms with van der Waals surface area (Å²) < 4.78 is 0. The Morgan fingerprint density at radius 2 is 1.68 bits per heavy atom. The molecule has 0 aromatic heterocycles. The summed E-state index contributed by atoms with van der Waals surface area (Å²) in [4.78, 5) is 53.6. The van der Waals surface area contributed by atoms with Gasteiger partial charge in [-0.2, -0.15) is 0 Å². The van der Waals surface area contributed by atoms with Crippen molar-refractivity contribution in [3.63, 3.8) is 0 Å². The van der Waals surface area contributed by atoms with E-state index in [1.807, 2.05) is 13.8 Å². The number of amides is 4. The fraction of sp³-hybridized carbons (Fsp3) is 0.565. The van der Waals surface area contributed by atoms with E-state index in [-0.39, 0.29) is 42.6 Å². The maximum atomic E-state index is 13.2. The normalized spacial score (nSPS) is 23.2. The number of imide groups is 1. The predicted molar refractivity (Wildman–Crippen MR) is 119 cm³/mol. The molecular weight excluding hydrogens is 414 g/mol. The lowest BCUT2D eigenvalue weighted by atomic mass is 9.95. The second kappa shape index (κ2) is 8.65. The highest BCUT2D eigenvalue weighted by molar-refractivity contribution is 8.00. The lowest BCUT2D eigenvalue weighted by Gasteiger charge is -2.35. The quantitative estimate of drug-likeness (QED) is 0.707. The summed E-state index contributed by atoms with van der Waals surface area (Å²) in [6.45, 7) is 3.89. The van der Waals surface area contributed by atoms with Crippen LogP contribution in [0.15, 0.2) is 24.3 Å². The first-order valence-corrected chi connectivity index (χ1v) is 12.0. The van der Waals surface area contributed by atoms with E-state index in [9.17, 15) is 19.2 Å². The molecule has 166 valence electrons. The van der Waals surface area contributed by atoms with E-state index in [1.165, 1.54) is 6.42 Å². The fourth-order valence-corrected chi connectivity index (χ4v) is 6.02. The van der Waals surface area contributed by atoms with E-state index < -0.39 is 10.9 Å². The van der Waals surface area contributed by atoms with Crippen molar-refractivity contribution in [2.24, 2.45) is 0 Å². The third-order valence-electron chi connectivity index (χ3n) is 6.44. The van der Waals surface area contributed by atoms with Gasteiger partial charge in [0, 0.05) is 24.8 Å². The van der Waals surface area contributed by atoms with Crippen LogP contribution >= 0.6 is 11.8 Å². The predicted octanol–water partition coefficient (Wildman–Crippen LogP) is 2.80. The summed E-state index contributed by atoms with van der Waals surface area (Å²) in [5.41, 5.74) is 0.753. The number of fused-ring (bicyclic) bond motifs is 1. The fourth-order valence-electron chi connectivity index (χ4n) is 4.78. The van der Waals surface area contributed by atoms with Crippen LogP contribution in [0.3, 0.4) is 0 Å². The molecular formula is C23H29N3O4S. The number of carbonyl (C=O) groups is 4. The first-order chi connectivity index (χ1) is 14.8. The molecule has 1 saturated carbocycles. The van der Waals surface area contributed by atoms with Crippen molar-refractivity contribution in [2.75, 3.05) is 12.3 Å². The van der Waals surface area contributed by atoms with Gasteiger partial charge in [0.25, 0.3) is 11.8 Å². The Labute approximate surface area is 186 Å². The minimum Gasteiger partial charge on any atom is -0.352 e. The van der Waals surface area contributed by atoms with Crippen LogP contribution in [-0.2, 0) is 9.59 Å². The van der Waals surface area contributed by atoms with Crippen molar-refractivity contribution in [1.29, 1.82) is 0 Å². The molecule has 0 spiro atoms. The molecule has 1 N–H and O–H groups in total. The minimum atomic E-state index is -0.531. The smallest absolute Gasteiger partial charge is 0.261 e. The van der Waals surface area contributed by atoms with Crippen molar-refractivity contribution in [2.45, 2.75) is 69.3 Å². The highest BCUT2D eigenvalue weighted by atomic mass is 32.2. The topological polar surface area (TPSA) is 86.8 Å². The molecule has 1 aromatic carbocycles. The monoisotopic (exact) mass is 443 g/mol. The summed E-state index contributed by atoms with van der Waals surface area (Å²) in [6, 6.07) is 6.35. The van der Waals surface area contributed by atoms with Crippen molar-refractivity contribution in [1.82, 2.24) is 15.1 Å². The second-order valence-corrected chi connectivity index (χ2v) is 10.6. The molecule has 1 unspecified atom stereocenters. The summed E-state index contributed by atoms with van der Waals surface area (Å²) >= 11 is 1.58. The average Bonchev–Trinajstić information content (AvgIpc) is 3.20. The van der Waals surface area contributed by atoms with Gasteiger partial charge >= 0.3 is 0 Å². The molecule has 7 nitrogen and oxygen atoms in total. The summed E-state index contributed by atoms with van der Waals surface area (Å²) in [6.07, 6.45) is 5.44. The Morgan fingerprint density at radius 3 is 2.29 bits per heavy atom. The SMILES string of the molecule is CC1(C)SCC(C(=O)NC2CCCCC2)N1C(=O)CCN1C(=O)c2ccccc2C1=O. The van der Waals surface area contributed by atoms with E-state index in [4.69, 9.17) is 0 Å². The minimum absolute atomic E-state index is 0.00265. The van der Waals surface area contributed by atoms with Crippen LogP contribution in [0, 0.1) is 0 Å². The molecule has 2 heterocycles. The van der Waals surface area contributed by atoms with Crippen LogP contribution in [-0.4, -0.2) is 62.7 Å². The number of carbonyl (C=O) groups excluding carboxylic acids is 4. The maximum Gasteiger partial charge on any atom is 0.261 e. The van der Waals surface area contributed by atoms with Gasteiger partial charge in [-0.1, -0.05) is 31.4 Å². The zero-order chi connectivity index (χ0) is 22.2. The summed E-state index contributed by atoms with van der Waals surface area (Å²) in [7, 11) is 0. The third kappa shape index (κ3) is 4.22. The number of benzene rings is 1. The Hall–Kier alpha value is -2.35. The highest BCUT2D eigenvalue weighted by Crippen LogP contribution is 2.39. The van der Waals surface area contributed by atoms with Gasteiger partial charge in [0.2, 0.25) is 11.8 Å². The number of rotatable bonds is 5. The molecule has 31 heavy (non-hydrogen) atoms. The standard InChI is InChI=1S/C23H29N3O4S/c1-23(2)26(18(14-31-23)20(28)24-15-8-4-3-5-9-15)19(27)12-13-25-21(29)16-10-6-7-11-17(16)22(25)30/h6-7,10-11,15,18H,3-5,8-9,12-14H2,1-2H3,(H,24,28). The van der Waals surface area contributed by atoms with Crippen LogP contribution in [0.2, 0.25) is 0 Å². The number of nitrogens with zero attached hydrogens (tertiary/aromatic N) is 2. The van der Waals surface area contributed by atoms with Gasteiger partial charge in [-0.3, -0.25) is 24.1 Å². The van der Waals surface area contributed by atoms with Crippen LogP contribution in [0.5, 0.6) is 0 Å². The van der Waals surface area contributed by atoms with Crippen LogP contribution in [0.25, 0.3) is 0 Å². The molecule has 1 atom stereocenters. The zero-order valence-corrected chi connectivity index (χ0v) is 18.9. The Bertz CT molecular complexity index is 875. The van der Waals surface area contributed by atoms with Crippen LogP contribution < -0.4 is 5.32 Å². The van der Waals surface area contributed by atoms with Gasteiger partial charge in [0.05, 0.1) is 16.0 Å². The molecule has 4 rings (SSSR count). The van der Waals surface area contributed by atoms with Crippen molar-refractivity contribution in [3.05, 3.63) is 35.4 Å². The number of hydrogen-bond acceptors (Lipinski definition) is 5. The van der Waals surface area contributed by atoms with E-state index in [0.717, 1.165) is 30.6 Å². The summed E-state index contributed by atoms with van der Waals surface area (Å²) in [5, 5.41) is 3.14. The molecule has 8 heteroatoms. The molecule has 3 aliphatic rings. The van der Waals surface area contributed by atoms with E-state index >= 15 is 0 Å². The molecule has 0 radical (unpaired) electrons. The molecule has 1 saturated heterocycles. The van der Waals surface area contributed by atoms with Gasteiger partial charge in [-0.25, -0.2) is 0 Å². The number of nitrogens with one attached hydrogen (secondary N) is 1. The van der Waals surface area contributed by atoms with Crippen molar-refractivity contribution >= 4 is 35.4 Å². The van der Waals surface area contributed by atoms with Crippen molar-refractivity contribution < 1.29 is 19.2 Å². The molecule has 1 aliphatic carbocycles. The third-order valence-corrected chi connectivity index (χ3v) is 7.82. The highest BCUT2D eigenvalue weighted by Gasteiger charge is 2.47. The van der Waals surface area contributed by atoms with Gasteiger partial charge in [0.15, 0.2) is 0 Å². The molecule has 4 amide bonds. The lowest BCUT2D eigenvalue weighted by molar-refractivity contribution is -0.142. The Kier molecular flexibility index (Phi) is 6.10. The lowest BCUT2D eigenvalue weighted by Crippen LogP contribution is -2.55. The molecule has 0 bridgehead atoms. The van der Waals surface area contributed by atoms with Gasteiger partial charge < -0.3 is 10.2 Å².